The molecule has 2 heterocycles. The summed E-state index contributed by atoms with van der Waals surface area (Å²) in [4.78, 5) is 2.44. The molecule has 2 nitrogen and oxygen atoms in total. The van der Waals surface area contributed by atoms with Crippen LogP contribution >= 0.6 is 0 Å². The lowest BCUT2D eigenvalue weighted by atomic mass is 10.1. The van der Waals surface area contributed by atoms with E-state index in [2.05, 4.69) is 88.3 Å². The summed E-state index contributed by atoms with van der Waals surface area (Å²) < 4.78 is 2.46. The Hall–Kier alpha value is -2.87. The molecule has 4 aromatic rings. The van der Waals surface area contributed by atoms with Gasteiger partial charge in [0, 0.05) is 10.8 Å². The smallest absolute Gasteiger partial charge is 0.223 e. The maximum atomic E-state index is 2.46. The maximum Gasteiger partial charge on any atom is 0.290 e. The van der Waals surface area contributed by atoms with Gasteiger partial charge in [-0.15, -0.1) is 0 Å². The molecule has 0 bridgehead atoms. The van der Waals surface area contributed by atoms with Crippen molar-refractivity contribution in [3.8, 4) is 0 Å². The van der Waals surface area contributed by atoms with Gasteiger partial charge in [-0.2, -0.15) is 0 Å². The molecule has 0 spiro atoms. The highest BCUT2D eigenvalue weighted by Crippen LogP contribution is 2.35. The van der Waals surface area contributed by atoms with E-state index >= 15 is 0 Å². The molecule has 0 saturated heterocycles. The van der Waals surface area contributed by atoms with Crippen molar-refractivity contribution in [1.29, 1.82) is 0 Å². The monoisotopic (exact) mass is 297 g/mol. The second kappa shape index (κ2) is 4.82. The van der Waals surface area contributed by atoms with Gasteiger partial charge in [0.05, 0.1) is 5.39 Å². The molecule has 0 unspecified atom stereocenters. The van der Waals surface area contributed by atoms with Gasteiger partial charge in [0.25, 0.3) is 5.82 Å². The zero-order valence-corrected chi connectivity index (χ0v) is 12.8. The van der Waals surface area contributed by atoms with E-state index in [1.54, 1.807) is 0 Å². The van der Waals surface area contributed by atoms with Crippen LogP contribution in [0.5, 0.6) is 0 Å². The molecule has 0 saturated carbocycles. The lowest BCUT2D eigenvalue weighted by molar-refractivity contribution is -0.643. The van der Waals surface area contributed by atoms with Crippen molar-refractivity contribution in [3.63, 3.8) is 0 Å². The number of para-hydroxylation sites is 2. The first-order chi connectivity index (χ1) is 11.4. The highest BCUT2D eigenvalue weighted by molar-refractivity contribution is 6.08. The minimum atomic E-state index is 1.02. The Balaban J connectivity index is 1.91. The van der Waals surface area contributed by atoms with Crippen molar-refractivity contribution in [2.45, 2.75) is 6.54 Å². The largest absolute Gasteiger partial charge is 0.290 e. The van der Waals surface area contributed by atoms with E-state index in [0.29, 0.717) is 0 Å². The van der Waals surface area contributed by atoms with E-state index in [4.69, 9.17) is 0 Å². The van der Waals surface area contributed by atoms with Gasteiger partial charge >= 0.3 is 0 Å². The molecule has 0 fully saturated rings. The van der Waals surface area contributed by atoms with Gasteiger partial charge in [-0.25, -0.2) is 9.47 Å². The van der Waals surface area contributed by atoms with Gasteiger partial charge in [0.2, 0.25) is 0 Å². The fraction of sp³-hybridized carbons (Fsp3) is 0.0952. The van der Waals surface area contributed by atoms with Gasteiger partial charge in [0.1, 0.15) is 24.3 Å². The summed E-state index contributed by atoms with van der Waals surface area (Å²) in [5.41, 5.74) is 2.58. The average molecular weight is 297 g/mol. The molecule has 0 radical (unpaired) electrons. The lowest BCUT2D eigenvalue weighted by Crippen LogP contribution is -2.32. The number of rotatable bonds is 1. The van der Waals surface area contributed by atoms with Gasteiger partial charge in [-0.1, -0.05) is 54.6 Å². The highest BCUT2D eigenvalue weighted by Gasteiger charge is 2.33. The van der Waals surface area contributed by atoms with E-state index in [9.17, 15) is 0 Å². The van der Waals surface area contributed by atoms with Gasteiger partial charge in [0.15, 0.2) is 0 Å². The third kappa shape index (κ3) is 1.78. The molecule has 1 aromatic heterocycles. The van der Waals surface area contributed by atoms with Crippen LogP contribution in [0.25, 0.3) is 21.7 Å². The van der Waals surface area contributed by atoms with Gasteiger partial charge in [-0.05, 0) is 24.3 Å². The summed E-state index contributed by atoms with van der Waals surface area (Å²) in [6.45, 7) is 2.04. The molecule has 1 aliphatic rings. The first kappa shape index (κ1) is 12.7. The van der Waals surface area contributed by atoms with E-state index < -0.39 is 0 Å². The van der Waals surface area contributed by atoms with Crippen molar-refractivity contribution < 1.29 is 4.57 Å². The summed E-state index contributed by atoms with van der Waals surface area (Å²) in [5, 5.41) is 3.99. The molecule has 0 amide bonds. The molecular weight excluding hydrogens is 280 g/mol. The van der Waals surface area contributed by atoms with Gasteiger partial charge in [-0.3, -0.25) is 0 Å². The van der Waals surface area contributed by atoms with Crippen molar-refractivity contribution in [1.82, 2.24) is 0 Å². The fourth-order valence-electron chi connectivity index (χ4n) is 3.79. The molecule has 0 atom stereocenters. The van der Waals surface area contributed by atoms with E-state index in [0.717, 1.165) is 13.1 Å². The maximum absolute atomic E-state index is 2.46. The van der Waals surface area contributed by atoms with Crippen LogP contribution in [0.3, 0.4) is 0 Å². The van der Waals surface area contributed by atoms with Crippen molar-refractivity contribution in [2.75, 3.05) is 11.4 Å². The third-order valence-electron chi connectivity index (χ3n) is 4.78. The number of pyridine rings is 1. The summed E-state index contributed by atoms with van der Waals surface area (Å²) in [5.74, 6) is 1.31. The highest BCUT2D eigenvalue weighted by atomic mass is 15.3. The van der Waals surface area contributed by atoms with Crippen LogP contribution in [0.4, 0.5) is 11.5 Å². The predicted molar refractivity (Wildman–Crippen MR) is 95.1 cm³/mol. The van der Waals surface area contributed by atoms with Crippen LogP contribution in [0.2, 0.25) is 0 Å². The van der Waals surface area contributed by atoms with Crippen molar-refractivity contribution >= 4 is 33.2 Å². The standard InChI is InChI=1S/C21H17N2/c1-2-8-16(9-3-1)22-14-15-23-20-13-7-6-11-18(20)17-10-4-5-12-19(17)21(22)23/h1-13H,14-15H2/q+1. The Morgan fingerprint density at radius 3 is 2.13 bits per heavy atom. The number of benzene rings is 3. The Morgan fingerprint density at radius 1 is 0.652 bits per heavy atom. The number of hydrogen-bond acceptors (Lipinski definition) is 1. The van der Waals surface area contributed by atoms with E-state index in [-0.39, 0.29) is 0 Å². The Kier molecular flexibility index (Phi) is 2.65. The SMILES string of the molecule is c1ccc(N2CC[n+]3c2c2ccccc2c2ccccc23)cc1. The number of aromatic nitrogens is 1. The van der Waals surface area contributed by atoms with E-state index in [1.165, 1.54) is 33.2 Å². The van der Waals surface area contributed by atoms with E-state index in [1.807, 2.05) is 0 Å². The minimum Gasteiger partial charge on any atom is -0.223 e. The molecule has 0 N–H and O–H groups in total. The first-order valence-corrected chi connectivity index (χ1v) is 8.09. The number of anilines is 2. The molecule has 1 aliphatic heterocycles. The normalized spacial score (nSPS) is 13.7. The molecule has 3 aromatic carbocycles. The summed E-state index contributed by atoms with van der Waals surface area (Å²) in [6.07, 6.45) is 0. The zero-order valence-electron chi connectivity index (χ0n) is 12.8. The minimum absolute atomic E-state index is 1.02. The third-order valence-corrected chi connectivity index (χ3v) is 4.78. The Bertz CT molecular complexity index is 1020. The lowest BCUT2D eigenvalue weighted by Gasteiger charge is -2.13. The van der Waals surface area contributed by atoms with Crippen LogP contribution < -0.4 is 9.47 Å². The quantitative estimate of drug-likeness (QED) is 0.372. The number of fused-ring (bicyclic) bond motifs is 6. The topological polar surface area (TPSA) is 7.12 Å². The second-order valence-corrected chi connectivity index (χ2v) is 6.03. The molecule has 23 heavy (non-hydrogen) atoms. The molecule has 0 aliphatic carbocycles. The summed E-state index contributed by atoms with van der Waals surface area (Å²) in [7, 11) is 0. The van der Waals surface area contributed by atoms with Crippen LogP contribution in [0, 0.1) is 0 Å². The number of hydrogen-bond donors (Lipinski definition) is 0. The van der Waals surface area contributed by atoms with Gasteiger partial charge < -0.3 is 0 Å². The number of nitrogens with zero attached hydrogens (tertiary/aromatic N) is 2. The van der Waals surface area contributed by atoms with Crippen LogP contribution in [0.1, 0.15) is 0 Å². The van der Waals surface area contributed by atoms with Crippen molar-refractivity contribution in [2.24, 2.45) is 0 Å². The van der Waals surface area contributed by atoms with Crippen LogP contribution in [-0.2, 0) is 6.54 Å². The summed E-state index contributed by atoms with van der Waals surface area (Å²) >= 11 is 0. The zero-order chi connectivity index (χ0) is 15.2. The molecule has 5 rings (SSSR count). The predicted octanol–water partition coefficient (Wildman–Crippen LogP) is 4.43. The molecular formula is C21H17N2+. The molecule has 110 valence electrons. The Labute approximate surface area is 135 Å². The van der Waals surface area contributed by atoms with Crippen LogP contribution in [0.15, 0.2) is 78.9 Å². The van der Waals surface area contributed by atoms with Crippen molar-refractivity contribution in [3.05, 3.63) is 78.9 Å². The summed E-state index contributed by atoms with van der Waals surface area (Å²) in [6, 6.07) is 28.2. The molecule has 2 heteroatoms. The van der Waals surface area contributed by atoms with Crippen LogP contribution in [-0.4, -0.2) is 6.54 Å². The first-order valence-electron chi connectivity index (χ1n) is 8.09. The second-order valence-electron chi connectivity index (χ2n) is 6.03. The fourth-order valence-corrected chi connectivity index (χ4v) is 3.79. The average Bonchev–Trinajstić information content (AvgIpc) is 3.08. The Morgan fingerprint density at radius 2 is 1.30 bits per heavy atom.